The molecular formula is C14H16FNO2. The van der Waals surface area contributed by atoms with Crippen molar-refractivity contribution in [3.05, 3.63) is 29.1 Å². The Kier molecular flexibility index (Phi) is 3.20. The van der Waals surface area contributed by atoms with E-state index in [1.165, 1.54) is 11.0 Å². The maximum absolute atomic E-state index is 13.9. The summed E-state index contributed by atoms with van der Waals surface area (Å²) in [7, 11) is 0. The van der Waals surface area contributed by atoms with E-state index in [1.54, 1.807) is 13.0 Å². The van der Waals surface area contributed by atoms with E-state index in [-0.39, 0.29) is 11.3 Å². The Morgan fingerprint density at radius 3 is 2.56 bits per heavy atom. The highest BCUT2D eigenvalue weighted by atomic mass is 19.1. The zero-order valence-electron chi connectivity index (χ0n) is 10.8. The molecule has 0 saturated heterocycles. The molecule has 1 heterocycles. The number of aryl methyl sites for hydroxylation is 1. The second-order valence-corrected chi connectivity index (χ2v) is 5.11. The molecule has 1 aromatic carbocycles. The molecule has 0 saturated carbocycles. The van der Waals surface area contributed by atoms with Crippen LogP contribution in [0.25, 0.3) is 0 Å². The number of anilines is 1. The first kappa shape index (κ1) is 12.7. The molecule has 0 fully saturated rings. The fraction of sp³-hybridized carbons (Fsp3) is 0.429. The lowest BCUT2D eigenvalue weighted by atomic mass is 10.1. The molecule has 0 N–H and O–H groups in total. The van der Waals surface area contributed by atoms with Crippen LogP contribution in [0.3, 0.4) is 0 Å². The number of benzene rings is 1. The number of fused-ring (bicyclic) bond motifs is 1. The summed E-state index contributed by atoms with van der Waals surface area (Å²) in [5.41, 5.74) is 0.996. The van der Waals surface area contributed by atoms with Crippen LogP contribution in [0.4, 0.5) is 10.1 Å². The Labute approximate surface area is 106 Å². The Bertz CT molecular complexity index is 523. The molecule has 1 aliphatic heterocycles. The molecule has 1 aromatic rings. The molecule has 18 heavy (non-hydrogen) atoms. The maximum Gasteiger partial charge on any atom is 0.299 e. The third kappa shape index (κ3) is 2.03. The predicted octanol–water partition coefficient (Wildman–Crippen LogP) is 2.71. The second-order valence-electron chi connectivity index (χ2n) is 5.11. The summed E-state index contributed by atoms with van der Waals surface area (Å²) in [5, 5.41) is 0. The molecule has 0 spiro atoms. The van der Waals surface area contributed by atoms with Crippen molar-refractivity contribution in [1.82, 2.24) is 0 Å². The van der Waals surface area contributed by atoms with Gasteiger partial charge in [0.25, 0.3) is 11.7 Å². The van der Waals surface area contributed by atoms with E-state index in [2.05, 4.69) is 0 Å². The van der Waals surface area contributed by atoms with Crippen LogP contribution in [0, 0.1) is 18.7 Å². The molecule has 0 atom stereocenters. The van der Waals surface area contributed by atoms with E-state index >= 15 is 0 Å². The van der Waals surface area contributed by atoms with Gasteiger partial charge < -0.3 is 4.90 Å². The van der Waals surface area contributed by atoms with Crippen molar-refractivity contribution in [1.29, 1.82) is 0 Å². The van der Waals surface area contributed by atoms with Crippen LogP contribution >= 0.6 is 0 Å². The van der Waals surface area contributed by atoms with Gasteiger partial charge in [0.15, 0.2) is 0 Å². The first-order chi connectivity index (χ1) is 8.41. The third-order valence-corrected chi connectivity index (χ3v) is 3.09. The third-order valence-electron chi connectivity index (χ3n) is 3.09. The zero-order chi connectivity index (χ0) is 13.4. The average molecular weight is 249 g/mol. The van der Waals surface area contributed by atoms with Gasteiger partial charge in [0.05, 0.1) is 11.3 Å². The largest absolute Gasteiger partial charge is 0.302 e. The average Bonchev–Trinajstić information content (AvgIpc) is 2.51. The highest BCUT2D eigenvalue weighted by Gasteiger charge is 2.37. The number of amides is 1. The Hall–Kier alpha value is -1.71. The normalized spacial score (nSPS) is 14.6. The number of hydrogen-bond acceptors (Lipinski definition) is 2. The van der Waals surface area contributed by atoms with Crippen LogP contribution in [0.2, 0.25) is 0 Å². The summed E-state index contributed by atoms with van der Waals surface area (Å²) >= 11 is 0. The number of carbonyl (C=O) groups is 2. The fourth-order valence-electron chi connectivity index (χ4n) is 2.12. The molecule has 0 aliphatic carbocycles. The highest BCUT2D eigenvalue weighted by Crippen LogP contribution is 2.33. The monoisotopic (exact) mass is 249 g/mol. The SMILES string of the molecule is Cc1cc(F)c2c(c1)C(=O)C(=O)N2CCC(C)C. The Morgan fingerprint density at radius 2 is 1.94 bits per heavy atom. The van der Waals surface area contributed by atoms with E-state index in [9.17, 15) is 14.0 Å². The molecule has 0 unspecified atom stereocenters. The van der Waals surface area contributed by atoms with Gasteiger partial charge in [-0.2, -0.15) is 0 Å². The number of ketones is 1. The summed E-state index contributed by atoms with van der Waals surface area (Å²) < 4.78 is 13.9. The Morgan fingerprint density at radius 1 is 1.28 bits per heavy atom. The summed E-state index contributed by atoms with van der Waals surface area (Å²) in [5.74, 6) is -1.31. The number of Topliss-reactive ketones (excluding diaryl/α,β-unsaturated/α-hetero) is 1. The second kappa shape index (κ2) is 4.52. The van der Waals surface area contributed by atoms with Crippen molar-refractivity contribution in [2.75, 3.05) is 11.4 Å². The van der Waals surface area contributed by atoms with Gasteiger partial charge in [-0.25, -0.2) is 4.39 Å². The van der Waals surface area contributed by atoms with Gasteiger partial charge in [0, 0.05) is 6.54 Å². The minimum absolute atomic E-state index is 0.149. The quantitative estimate of drug-likeness (QED) is 0.772. The molecular weight excluding hydrogens is 233 g/mol. The van der Waals surface area contributed by atoms with Crippen LogP contribution in [0.15, 0.2) is 12.1 Å². The van der Waals surface area contributed by atoms with Gasteiger partial charge in [-0.05, 0) is 37.0 Å². The molecule has 0 aromatic heterocycles. The van der Waals surface area contributed by atoms with E-state index in [1.807, 2.05) is 13.8 Å². The first-order valence-corrected chi connectivity index (χ1v) is 6.08. The zero-order valence-corrected chi connectivity index (χ0v) is 10.8. The molecule has 0 radical (unpaired) electrons. The molecule has 0 bridgehead atoms. The lowest BCUT2D eigenvalue weighted by Crippen LogP contribution is -2.31. The van der Waals surface area contributed by atoms with E-state index in [0.29, 0.717) is 18.0 Å². The Balaban J connectivity index is 2.42. The van der Waals surface area contributed by atoms with Crippen LogP contribution in [-0.4, -0.2) is 18.2 Å². The molecule has 1 aliphatic rings. The smallest absolute Gasteiger partial charge is 0.299 e. The van der Waals surface area contributed by atoms with Crippen molar-refractivity contribution in [3.63, 3.8) is 0 Å². The lowest BCUT2D eigenvalue weighted by Gasteiger charge is -2.18. The van der Waals surface area contributed by atoms with E-state index in [4.69, 9.17) is 0 Å². The van der Waals surface area contributed by atoms with Gasteiger partial charge in [0.2, 0.25) is 0 Å². The molecule has 96 valence electrons. The number of carbonyl (C=O) groups excluding carboxylic acids is 2. The number of hydrogen-bond donors (Lipinski definition) is 0. The van der Waals surface area contributed by atoms with Crippen molar-refractivity contribution < 1.29 is 14.0 Å². The minimum atomic E-state index is -0.616. The van der Waals surface area contributed by atoms with Crippen molar-refractivity contribution >= 4 is 17.4 Å². The highest BCUT2D eigenvalue weighted by molar-refractivity contribution is 6.52. The molecule has 3 nitrogen and oxygen atoms in total. The number of nitrogens with zero attached hydrogens (tertiary/aromatic N) is 1. The summed E-state index contributed by atoms with van der Waals surface area (Å²) in [6, 6.07) is 2.93. The van der Waals surface area contributed by atoms with Crippen LogP contribution in [0.1, 0.15) is 36.2 Å². The minimum Gasteiger partial charge on any atom is -0.302 e. The molecule has 1 amide bonds. The number of halogens is 1. The predicted molar refractivity (Wildman–Crippen MR) is 67.3 cm³/mol. The molecule has 4 heteroatoms. The standard InChI is InChI=1S/C14H16FNO2/c1-8(2)4-5-16-12-10(13(17)14(16)18)6-9(3)7-11(12)15/h6-8H,4-5H2,1-3H3. The summed E-state index contributed by atoms with van der Waals surface area (Å²) in [4.78, 5) is 24.9. The van der Waals surface area contributed by atoms with Gasteiger partial charge in [-0.15, -0.1) is 0 Å². The van der Waals surface area contributed by atoms with Crippen molar-refractivity contribution in [2.45, 2.75) is 27.2 Å². The summed E-state index contributed by atoms with van der Waals surface area (Å²) in [6.07, 6.45) is 0.742. The van der Waals surface area contributed by atoms with Crippen LogP contribution in [0.5, 0.6) is 0 Å². The first-order valence-electron chi connectivity index (χ1n) is 6.08. The number of rotatable bonds is 3. The molecule has 2 rings (SSSR count). The van der Waals surface area contributed by atoms with Crippen LogP contribution in [-0.2, 0) is 4.79 Å². The summed E-state index contributed by atoms with van der Waals surface area (Å²) in [6.45, 7) is 6.14. The van der Waals surface area contributed by atoms with E-state index < -0.39 is 17.5 Å². The fourth-order valence-corrected chi connectivity index (χ4v) is 2.12. The lowest BCUT2D eigenvalue weighted by molar-refractivity contribution is -0.114. The van der Waals surface area contributed by atoms with Crippen molar-refractivity contribution in [3.8, 4) is 0 Å². The topological polar surface area (TPSA) is 37.4 Å². The maximum atomic E-state index is 13.9. The van der Waals surface area contributed by atoms with Gasteiger partial charge in [-0.1, -0.05) is 13.8 Å². The van der Waals surface area contributed by atoms with Crippen molar-refractivity contribution in [2.24, 2.45) is 5.92 Å². The van der Waals surface area contributed by atoms with Gasteiger partial charge >= 0.3 is 0 Å². The van der Waals surface area contributed by atoms with Crippen LogP contribution < -0.4 is 4.90 Å². The van der Waals surface area contributed by atoms with E-state index in [0.717, 1.165) is 6.42 Å². The van der Waals surface area contributed by atoms with Gasteiger partial charge in [0.1, 0.15) is 5.82 Å². The van der Waals surface area contributed by atoms with Gasteiger partial charge in [-0.3, -0.25) is 9.59 Å².